The van der Waals surface area contributed by atoms with Crippen LogP contribution in [0.1, 0.15) is 34.1 Å². The minimum Gasteiger partial charge on any atom is -1.00 e. The molecule has 1 saturated heterocycles. The van der Waals surface area contributed by atoms with Gasteiger partial charge in [-0.1, -0.05) is 0 Å². The second kappa shape index (κ2) is 6.30. The van der Waals surface area contributed by atoms with Gasteiger partial charge >= 0.3 is 141 Å². The van der Waals surface area contributed by atoms with Crippen LogP contribution in [0.2, 0.25) is 11.9 Å². The number of hydrogen-bond acceptors (Lipinski definition) is 0. The molecule has 0 spiro atoms. The smallest absolute Gasteiger partial charge is 1.00 e. The second-order valence-electron chi connectivity index (χ2n) is 6.71. The van der Waals surface area contributed by atoms with E-state index < -0.39 is 21.8 Å². The van der Waals surface area contributed by atoms with Gasteiger partial charge in [-0.25, -0.2) is 0 Å². The normalized spacial score (nSPS) is 24.1. The van der Waals surface area contributed by atoms with E-state index in [-0.39, 0.29) is 17.0 Å². The summed E-state index contributed by atoms with van der Waals surface area (Å²) in [5.74, 6) is 1.35. The van der Waals surface area contributed by atoms with Gasteiger partial charge in [-0.2, -0.15) is 0 Å². The fraction of sp³-hybridized carbons (Fsp3) is 0.238. The minimum atomic E-state index is -1.17. The molecule has 23 heavy (non-hydrogen) atoms. The molecule has 0 nitrogen and oxygen atoms in total. The SMILES string of the molecule is C1=CC([CH](C2C=Cc3ccccc32)[Zr+]2[CH2][CH2]2)c2ccccc21.[Br-]. The first-order valence-electron chi connectivity index (χ1n) is 8.31. The molecule has 0 N–H and O–H groups in total. The van der Waals surface area contributed by atoms with E-state index in [0.717, 1.165) is 3.63 Å². The van der Waals surface area contributed by atoms with Gasteiger partial charge in [-0.15, -0.1) is 0 Å². The second-order valence-corrected chi connectivity index (χ2v) is 14.0. The van der Waals surface area contributed by atoms with E-state index >= 15 is 0 Å². The molecular formula is C21H19BrZr. The molecule has 1 fully saturated rings. The Labute approximate surface area is 156 Å². The molecule has 0 saturated carbocycles. The van der Waals surface area contributed by atoms with Gasteiger partial charge in [-0.05, 0) is 0 Å². The molecule has 2 heteroatoms. The third-order valence-corrected chi connectivity index (χ3v) is 12.2. The van der Waals surface area contributed by atoms with Crippen molar-refractivity contribution < 1.29 is 38.7 Å². The van der Waals surface area contributed by atoms with Crippen molar-refractivity contribution in [3.8, 4) is 0 Å². The van der Waals surface area contributed by atoms with E-state index in [1.54, 1.807) is 19.4 Å². The van der Waals surface area contributed by atoms with Crippen molar-refractivity contribution in [3.63, 3.8) is 0 Å². The van der Waals surface area contributed by atoms with Gasteiger partial charge < -0.3 is 17.0 Å². The van der Waals surface area contributed by atoms with Crippen LogP contribution in [0, 0.1) is 0 Å². The summed E-state index contributed by atoms with van der Waals surface area (Å²) in [5, 5.41) is 0. The molecule has 0 radical (unpaired) electrons. The van der Waals surface area contributed by atoms with E-state index in [2.05, 4.69) is 72.8 Å². The van der Waals surface area contributed by atoms with E-state index in [1.807, 2.05) is 0 Å². The zero-order chi connectivity index (χ0) is 14.5. The molecule has 1 aliphatic heterocycles. The van der Waals surface area contributed by atoms with Gasteiger partial charge in [0.1, 0.15) is 0 Å². The predicted octanol–water partition coefficient (Wildman–Crippen LogP) is 2.87. The van der Waals surface area contributed by atoms with Gasteiger partial charge in [0.05, 0.1) is 0 Å². The van der Waals surface area contributed by atoms with Gasteiger partial charge in [-0.3, -0.25) is 0 Å². The van der Waals surface area contributed by atoms with Crippen molar-refractivity contribution in [2.24, 2.45) is 0 Å². The summed E-state index contributed by atoms with van der Waals surface area (Å²) in [5.41, 5.74) is 6.09. The molecule has 5 rings (SSSR count). The fourth-order valence-corrected chi connectivity index (χ4v) is 12.3. The number of benzene rings is 2. The molecular weight excluding hydrogens is 423 g/mol. The molecule has 2 aromatic rings. The van der Waals surface area contributed by atoms with Gasteiger partial charge in [0, 0.05) is 0 Å². The Balaban J connectivity index is 0.00000135. The molecule has 1 heterocycles. The van der Waals surface area contributed by atoms with Crippen molar-refractivity contribution >= 4 is 12.2 Å². The first kappa shape index (κ1) is 15.8. The summed E-state index contributed by atoms with van der Waals surface area (Å²) in [6.45, 7) is 0. The summed E-state index contributed by atoms with van der Waals surface area (Å²) in [4.78, 5) is 0. The van der Waals surface area contributed by atoms with Crippen molar-refractivity contribution in [3.05, 3.63) is 82.9 Å². The van der Waals surface area contributed by atoms with Crippen molar-refractivity contribution in [2.75, 3.05) is 0 Å². The monoisotopic (exact) mass is 440 g/mol. The maximum atomic E-state index is 2.51. The van der Waals surface area contributed by atoms with Crippen molar-refractivity contribution in [1.82, 2.24) is 0 Å². The topological polar surface area (TPSA) is 0 Å². The van der Waals surface area contributed by atoms with E-state index in [9.17, 15) is 0 Å². The van der Waals surface area contributed by atoms with Crippen LogP contribution in [0.3, 0.4) is 0 Å². The number of rotatable bonds is 3. The molecule has 2 aromatic carbocycles. The predicted molar refractivity (Wildman–Crippen MR) is 89.8 cm³/mol. The summed E-state index contributed by atoms with van der Waals surface area (Å²) < 4.78 is 4.12. The van der Waals surface area contributed by atoms with E-state index in [4.69, 9.17) is 0 Å². The summed E-state index contributed by atoms with van der Waals surface area (Å²) in [7, 11) is 0. The number of halogens is 1. The van der Waals surface area contributed by atoms with Crippen LogP contribution in [0.15, 0.2) is 60.7 Å². The molecule has 2 unspecified atom stereocenters. The first-order chi connectivity index (χ1) is 10.9. The Morgan fingerprint density at radius 1 is 0.739 bits per heavy atom. The molecule has 0 bridgehead atoms. The molecule has 0 aromatic heterocycles. The molecule has 0 amide bonds. The largest absolute Gasteiger partial charge is 1.00 e. The maximum Gasteiger partial charge on any atom is -1.00 e. The van der Waals surface area contributed by atoms with E-state index in [0.29, 0.717) is 11.8 Å². The quantitative estimate of drug-likeness (QED) is 0.686. The third kappa shape index (κ3) is 2.69. The molecule has 2 atom stereocenters. The van der Waals surface area contributed by atoms with Crippen LogP contribution in [0.5, 0.6) is 0 Å². The van der Waals surface area contributed by atoms with Crippen LogP contribution in [0.25, 0.3) is 12.2 Å². The van der Waals surface area contributed by atoms with Crippen LogP contribution in [-0.4, -0.2) is 0 Å². The van der Waals surface area contributed by atoms with Crippen LogP contribution >= 0.6 is 0 Å². The molecule has 114 valence electrons. The van der Waals surface area contributed by atoms with Gasteiger partial charge in [0.15, 0.2) is 0 Å². The Hall–Kier alpha value is -0.717. The van der Waals surface area contributed by atoms with Crippen molar-refractivity contribution in [2.45, 2.75) is 23.7 Å². The summed E-state index contributed by atoms with van der Waals surface area (Å²) in [6, 6.07) is 18.1. The Morgan fingerprint density at radius 3 is 1.70 bits per heavy atom. The Kier molecular flexibility index (Phi) is 4.32. The van der Waals surface area contributed by atoms with Gasteiger partial charge in [0.2, 0.25) is 0 Å². The average Bonchev–Trinajstić information content (AvgIpc) is 3.17. The zero-order valence-electron chi connectivity index (χ0n) is 13.0. The maximum absolute atomic E-state index is 2.51. The third-order valence-electron chi connectivity index (χ3n) is 5.46. The number of fused-ring (bicyclic) bond motifs is 2. The Bertz CT molecular complexity index is 726. The molecule has 3 aliphatic rings. The zero-order valence-corrected chi connectivity index (χ0v) is 17.0. The first-order valence-corrected chi connectivity index (χ1v) is 13.2. The summed E-state index contributed by atoms with van der Waals surface area (Å²) in [6.07, 6.45) is 9.75. The summed E-state index contributed by atoms with van der Waals surface area (Å²) >= 11 is -1.17. The minimum absolute atomic E-state index is 0. The molecule has 2 aliphatic carbocycles. The number of hydrogen-bond donors (Lipinski definition) is 0. The van der Waals surface area contributed by atoms with Crippen molar-refractivity contribution in [1.29, 1.82) is 0 Å². The van der Waals surface area contributed by atoms with Crippen LogP contribution < -0.4 is 17.0 Å². The number of allylic oxidation sites excluding steroid dienone is 2. The fourth-order valence-electron chi connectivity index (χ4n) is 4.32. The van der Waals surface area contributed by atoms with Gasteiger partial charge in [0.25, 0.3) is 0 Å². The standard InChI is InChI=1S/C19H15.C2H4.BrH.Zr/c1-3-7-18-14(5-1)9-11-16(18)13-17-12-10-15-6-2-4-8-19(15)17;1-2;;/h1-13,16-17H;1-2H2;1H;/q;;;+1/p-1. The van der Waals surface area contributed by atoms with Crippen LogP contribution in [0.4, 0.5) is 0 Å². The Morgan fingerprint density at radius 2 is 1.22 bits per heavy atom. The van der Waals surface area contributed by atoms with E-state index in [1.165, 1.54) is 11.1 Å². The average molecular weight is 443 g/mol. The van der Waals surface area contributed by atoms with Crippen LogP contribution in [-0.2, 0) is 21.8 Å².